The zero-order chi connectivity index (χ0) is 23.8. The molecule has 7 N–H and O–H groups in total. The molecule has 0 saturated carbocycles. The molecule has 2 rings (SSSR count). The van der Waals surface area contributed by atoms with Gasteiger partial charge >= 0.3 is 11.9 Å². The van der Waals surface area contributed by atoms with Gasteiger partial charge in [-0.25, -0.2) is 9.78 Å². The van der Waals surface area contributed by atoms with E-state index >= 15 is 0 Å². The van der Waals surface area contributed by atoms with Crippen LogP contribution in [0.4, 0.5) is 0 Å². The van der Waals surface area contributed by atoms with Gasteiger partial charge in [0.05, 0.1) is 18.8 Å². The highest BCUT2D eigenvalue weighted by Gasteiger charge is 2.38. The standard InChI is InChI=1S/C18H26N6O7S/c19-10(7-32)15(27)22-11(5-14(25)26)16(28)23-12(4-9-6-20-8-21-9)17(29)24-3-1-2-13(24)18(30)31/h6,8,10-13,32H,1-5,7,19H2,(H,20,21)(H,22,27)(H,23,28)(H,25,26)(H,30,31). The van der Waals surface area contributed by atoms with Crippen LogP contribution in [0.15, 0.2) is 12.5 Å². The Morgan fingerprint density at radius 3 is 2.47 bits per heavy atom. The second kappa shape index (κ2) is 11.5. The first-order valence-corrected chi connectivity index (χ1v) is 10.5. The van der Waals surface area contributed by atoms with Crippen LogP contribution in [0.3, 0.4) is 0 Å². The molecule has 4 atom stereocenters. The zero-order valence-corrected chi connectivity index (χ0v) is 18.0. The Kier molecular flexibility index (Phi) is 9.02. The maximum absolute atomic E-state index is 13.1. The Morgan fingerprint density at radius 1 is 1.22 bits per heavy atom. The molecule has 3 amide bonds. The van der Waals surface area contributed by atoms with Crippen molar-refractivity contribution in [2.45, 2.75) is 49.9 Å². The van der Waals surface area contributed by atoms with E-state index in [9.17, 15) is 29.1 Å². The molecule has 1 aliphatic rings. The number of aliphatic carboxylic acids is 2. The lowest BCUT2D eigenvalue weighted by atomic mass is 10.1. The van der Waals surface area contributed by atoms with E-state index in [-0.39, 0.29) is 25.1 Å². The fourth-order valence-electron chi connectivity index (χ4n) is 3.32. The van der Waals surface area contributed by atoms with Crippen molar-refractivity contribution >= 4 is 42.3 Å². The van der Waals surface area contributed by atoms with Gasteiger partial charge in [-0.1, -0.05) is 0 Å². The van der Waals surface area contributed by atoms with Crippen molar-refractivity contribution < 1.29 is 34.2 Å². The molecule has 0 aromatic carbocycles. The van der Waals surface area contributed by atoms with E-state index in [0.717, 1.165) is 0 Å². The van der Waals surface area contributed by atoms with Crippen LogP contribution in [0.1, 0.15) is 25.0 Å². The van der Waals surface area contributed by atoms with Gasteiger partial charge in [0.25, 0.3) is 0 Å². The van der Waals surface area contributed by atoms with Crippen LogP contribution >= 0.6 is 12.6 Å². The molecule has 32 heavy (non-hydrogen) atoms. The molecule has 1 fully saturated rings. The molecule has 1 saturated heterocycles. The van der Waals surface area contributed by atoms with Gasteiger partial charge < -0.3 is 36.5 Å². The van der Waals surface area contributed by atoms with Gasteiger partial charge in [-0.3, -0.25) is 19.2 Å². The SMILES string of the molecule is NC(CS)C(=O)NC(CC(=O)O)C(=O)NC(Cc1cnc[nH]1)C(=O)N1CCCC1C(=O)O. The molecular formula is C18H26N6O7S. The molecule has 1 aromatic heterocycles. The minimum atomic E-state index is -1.50. The van der Waals surface area contributed by atoms with E-state index in [4.69, 9.17) is 10.8 Å². The number of likely N-dealkylation sites (tertiary alicyclic amines) is 1. The molecule has 4 unspecified atom stereocenters. The number of nitrogens with one attached hydrogen (secondary N) is 3. The summed E-state index contributed by atoms with van der Waals surface area (Å²) in [5.41, 5.74) is 6.06. The van der Waals surface area contributed by atoms with Gasteiger partial charge in [-0.05, 0) is 12.8 Å². The molecule has 14 heteroatoms. The first-order chi connectivity index (χ1) is 15.1. The summed E-state index contributed by atoms with van der Waals surface area (Å²) in [6, 6.07) is -4.80. The number of nitrogens with two attached hydrogens (primary N) is 1. The summed E-state index contributed by atoms with van der Waals surface area (Å²) >= 11 is 3.90. The number of thiol groups is 1. The topological polar surface area (TPSA) is 208 Å². The highest BCUT2D eigenvalue weighted by molar-refractivity contribution is 7.80. The van der Waals surface area contributed by atoms with Crippen LogP contribution in [0.25, 0.3) is 0 Å². The summed E-state index contributed by atoms with van der Waals surface area (Å²) in [7, 11) is 0. The Hall–Kier alpha value is -3.13. The van der Waals surface area contributed by atoms with Crippen LogP contribution in [0.2, 0.25) is 0 Å². The number of aromatic amines is 1. The molecule has 0 spiro atoms. The molecule has 176 valence electrons. The van der Waals surface area contributed by atoms with Gasteiger partial charge in [0, 0.05) is 30.6 Å². The quantitative estimate of drug-likeness (QED) is 0.174. The maximum atomic E-state index is 13.1. The second-order valence-electron chi connectivity index (χ2n) is 7.32. The van der Waals surface area contributed by atoms with Gasteiger partial charge in [0.1, 0.15) is 18.1 Å². The van der Waals surface area contributed by atoms with Crippen molar-refractivity contribution in [3.05, 3.63) is 18.2 Å². The van der Waals surface area contributed by atoms with Crippen LogP contribution < -0.4 is 16.4 Å². The van der Waals surface area contributed by atoms with E-state index in [2.05, 4.69) is 33.2 Å². The van der Waals surface area contributed by atoms with E-state index in [1.807, 2.05) is 0 Å². The fraction of sp³-hybridized carbons (Fsp3) is 0.556. The number of amides is 3. The monoisotopic (exact) mass is 470 g/mol. The minimum absolute atomic E-state index is 0.0281. The van der Waals surface area contributed by atoms with Crippen LogP contribution in [0, 0.1) is 0 Å². The largest absolute Gasteiger partial charge is 0.481 e. The Bertz CT molecular complexity index is 849. The summed E-state index contributed by atoms with van der Waals surface area (Å²) in [5.74, 6) is -4.87. The third-order valence-corrected chi connectivity index (χ3v) is 5.35. The van der Waals surface area contributed by atoms with Gasteiger partial charge in [-0.2, -0.15) is 12.6 Å². The summed E-state index contributed by atoms with van der Waals surface area (Å²) < 4.78 is 0. The first kappa shape index (κ1) is 25.1. The third-order valence-electron chi connectivity index (χ3n) is 4.96. The zero-order valence-electron chi connectivity index (χ0n) is 17.1. The predicted molar refractivity (Wildman–Crippen MR) is 113 cm³/mol. The molecule has 1 aliphatic heterocycles. The summed E-state index contributed by atoms with van der Waals surface area (Å²) in [5, 5.41) is 23.2. The number of hydrogen-bond donors (Lipinski definition) is 7. The first-order valence-electron chi connectivity index (χ1n) is 9.83. The molecule has 0 bridgehead atoms. The Balaban J connectivity index is 2.22. The van der Waals surface area contributed by atoms with E-state index < -0.39 is 60.2 Å². The third kappa shape index (κ3) is 6.68. The van der Waals surface area contributed by atoms with Crippen LogP contribution in [-0.4, -0.2) is 91.2 Å². The summed E-state index contributed by atoms with van der Waals surface area (Å²) in [6.45, 7) is 0.206. The van der Waals surface area contributed by atoms with E-state index in [1.165, 1.54) is 17.4 Å². The number of nitrogens with zero attached hydrogens (tertiary/aromatic N) is 2. The Labute approximate surface area is 188 Å². The lowest BCUT2D eigenvalue weighted by molar-refractivity contribution is -0.149. The van der Waals surface area contributed by atoms with Gasteiger partial charge in [-0.15, -0.1) is 0 Å². The van der Waals surface area contributed by atoms with Gasteiger partial charge in [0.15, 0.2) is 0 Å². The number of imidazole rings is 1. The number of carbonyl (C=O) groups is 5. The number of carbonyl (C=O) groups excluding carboxylic acids is 3. The molecule has 1 aromatic rings. The molecule has 0 aliphatic carbocycles. The average Bonchev–Trinajstić information content (AvgIpc) is 3.43. The fourth-order valence-corrected chi connectivity index (χ4v) is 3.49. The van der Waals surface area contributed by atoms with Crippen molar-refractivity contribution in [1.82, 2.24) is 25.5 Å². The number of carboxylic acid groups (broad SMARTS) is 2. The van der Waals surface area contributed by atoms with E-state index in [1.54, 1.807) is 0 Å². The van der Waals surface area contributed by atoms with Crippen molar-refractivity contribution in [3.63, 3.8) is 0 Å². The maximum Gasteiger partial charge on any atom is 0.326 e. The lowest BCUT2D eigenvalue weighted by Gasteiger charge is -2.28. The number of hydrogen-bond acceptors (Lipinski definition) is 8. The smallest absolute Gasteiger partial charge is 0.326 e. The van der Waals surface area contributed by atoms with Crippen molar-refractivity contribution in [1.29, 1.82) is 0 Å². The van der Waals surface area contributed by atoms with Crippen LogP contribution in [0.5, 0.6) is 0 Å². The molecule has 0 radical (unpaired) electrons. The minimum Gasteiger partial charge on any atom is -0.481 e. The summed E-state index contributed by atoms with van der Waals surface area (Å²) in [6.07, 6.45) is 2.80. The molecular weight excluding hydrogens is 444 g/mol. The highest BCUT2D eigenvalue weighted by atomic mass is 32.1. The lowest BCUT2D eigenvalue weighted by Crippen LogP contribution is -2.58. The number of rotatable bonds is 11. The average molecular weight is 471 g/mol. The Morgan fingerprint density at radius 2 is 1.91 bits per heavy atom. The van der Waals surface area contributed by atoms with Crippen molar-refractivity contribution in [3.8, 4) is 0 Å². The van der Waals surface area contributed by atoms with Crippen LogP contribution in [-0.2, 0) is 30.4 Å². The molecule has 13 nitrogen and oxygen atoms in total. The highest BCUT2D eigenvalue weighted by Crippen LogP contribution is 2.19. The number of H-pyrrole nitrogens is 1. The molecule has 2 heterocycles. The van der Waals surface area contributed by atoms with Crippen molar-refractivity contribution in [2.24, 2.45) is 5.73 Å². The number of aromatic nitrogens is 2. The predicted octanol–water partition coefficient (Wildman–Crippen LogP) is -2.27. The summed E-state index contributed by atoms with van der Waals surface area (Å²) in [4.78, 5) is 68.5. The normalized spacial score (nSPS) is 18.4. The van der Waals surface area contributed by atoms with Crippen molar-refractivity contribution in [2.75, 3.05) is 12.3 Å². The second-order valence-corrected chi connectivity index (χ2v) is 7.68. The van der Waals surface area contributed by atoms with E-state index in [0.29, 0.717) is 12.1 Å². The number of carboxylic acids is 2. The van der Waals surface area contributed by atoms with Gasteiger partial charge in [0.2, 0.25) is 17.7 Å².